The van der Waals surface area contributed by atoms with E-state index < -0.39 is 0 Å². The van der Waals surface area contributed by atoms with Crippen LogP contribution in [0, 0.1) is 13.8 Å². The summed E-state index contributed by atoms with van der Waals surface area (Å²) >= 11 is 2.10. The van der Waals surface area contributed by atoms with Crippen molar-refractivity contribution in [3.8, 4) is 0 Å². The number of thioether (sulfide) groups is 1. The second-order valence-corrected chi connectivity index (χ2v) is 7.37. The molecule has 0 saturated heterocycles. The highest BCUT2D eigenvalue weighted by molar-refractivity contribution is 8.00. The van der Waals surface area contributed by atoms with Crippen LogP contribution in [0.3, 0.4) is 0 Å². The highest BCUT2D eigenvalue weighted by Crippen LogP contribution is 2.33. The van der Waals surface area contributed by atoms with E-state index in [-0.39, 0.29) is 0 Å². The van der Waals surface area contributed by atoms with Crippen LogP contribution >= 0.6 is 11.8 Å². The van der Waals surface area contributed by atoms with E-state index in [1.807, 2.05) is 0 Å². The van der Waals surface area contributed by atoms with E-state index in [0.29, 0.717) is 6.04 Å². The van der Waals surface area contributed by atoms with Crippen LogP contribution in [0.15, 0.2) is 23.1 Å². The van der Waals surface area contributed by atoms with Crippen LogP contribution < -0.4 is 5.32 Å². The molecule has 2 heteroatoms. The maximum absolute atomic E-state index is 3.73. The summed E-state index contributed by atoms with van der Waals surface area (Å²) in [5.41, 5.74) is 2.82. The van der Waals surface area contributed by atoms with Crippen LogP contribution in [-0.4, -0.2) is 17.8 Å². The molecular weight excluding hydrogens is 262 g/mol. The topological polar surface area (TPSA) is 12.0 Å². The Bertz CT molecular complexity index is 416. The maximum Gasteiger partial charge on any atom is 0.0248 e. The zero-order valence-electron chi connectivity index (χ0n) is 13.2. The van der Waals surface area contributed by atoms with Gasteiger partial charge in [0, 0.05) is 16.2 Å². The Kier molecular flexibility index (Phi) is 6.44. The third kappa shape index (κ3) is 4.53. The first-order valence-corrected chi connectivity index (χ1v) is 9.06. The summed E-state index contributed by atoms with van der Waals surface area (Å²) in [5.74, 6) is 0. The third-order valence-corrected chi connectivity index (χ3v) is 5.83. The number of hydrogen-bond acceptors (Lipinski definition) is 2. The fraction of sp³-hybridized carbons (Fsp3) is 0.667. The molecule has 1 N–H and O–H groups in total. The third-order valence-electron chi connectivity index (χ3n) is 4.43. The minimum Gasteiger partial charge on any atom is -0.313 e. The van der Waals surface area contributed by atoms with Crippen molar-refractivity contribution in [1.82, 2.24) is 5.32 Å². The van der Waals surface area contributed by atoms with Gasteiger partial charge in [0.2, 0.25) is 0 Å². The van der Waals surface area contributed by atoms with Crippen LogP contribution in [0.25, 0.3) is 0 Å². The fourth-order valence-corrected chi connectivity index (χ4v) is 4.47. The lowest BCUT2D eigenvalue weighted by Gasteiger charge is -2.29. The van der Waals surface area contributed by atoms with Crippen molar-refractivity contribution in [2.45, 2.75) is 75.5 Å². The smallest absolute Gasteiger partial charge is 0.0248 e. The maximum atomic E-state index is 3.73. The molecule has 1 aliphatic rings. The second kappa shape index (κ2) is 8.09. The van der Waals surface area contributed by atoms with Gasteiger partial charge in [0.05, 0.1) is 0 Å². The second-order valence-electron chi connectivity index (χ2n) is 6.06. The molecule has 0 spiro atoms. The predicted molar refractivity (Wildman–Crippen MR) is 90.7 cm³/mol. The molecule has 112 valence electrons. The molecule has 1 aliphatic carbocycles. The molecule has 0 heterocycles. The molecule has 2 atom stereocenters. The quantitative estimate of drug-likeness (QED) is 0.828. The van der Waals surface area contributed by atoms with Crippen LogP contribution in [0.1, 0.15) is 56.6 Å². The lowest BCUT2D eigenvalue weighted by molar-refractivity contribution is 0.406. The van der Waals surface area contributed by atoms with Gasteiger partial charge in [-0.15, -0.1) is 11.8 Å². The van der Waals surface area contributed by atoms with Crippen molar-refractivity contribution < 1.29 is 0 Å². The molecule has 20 heavy (non-hydrogen) atoms. The van der Waals surface area contributed by atoms with E-state index in [0.717, 1.165) is 11.8 Å². The van der Waals surface area contributed by atoms with E-state index in [1.54, 1.807) is 0 Å². The number of benzene rings is 1. The van der Waals surface area contributed by atoms with Crippen LogP contribution in [0.4, 0.5) is 0 Å². The molecule has 2 unspecified atom stereocenters. The SMILES string of the molecule is CCNC1CCCCCCC1Sc1ccc(C)c(C)c1. The Morgan fingerprint density at radius 3 is 2.50 bits per heavy atom. The van der Waals surface area contributed by atoms with Gasteiger partial charge in [-0.2, -0.15) is 0 Å². The van der Waals surface area contributed by atoms with Crippen molar-refractivity contribution in [2.24, 2.45) is 0 Å². The van der Waals surface area contributed by atoms with Gasteiger partial charge in [0.25, 0.3) is 0 Å². The minimum absolute atomic E-state index is 0.687. The molecule has 0 radical (unpaired) electrons. The summed E-state index contributed by atoms with van der Waals surface area (Å²) < 4.78 is 0. The number of hydrogen-bond donors (Lipinski definition) is 1. The van der Waals surface area contributed by atoms with Gasteiger partial charge in [0.1, 0.15) is 0 Å². The Morgan fingerprint density at radius 2 is 1.80 bits per heavy atom. The summed E-state index contributed by atoms with van der Waals surface area (Å²) in [6.45, 7) is 7.74. The summed E-state index contributed by atoms with van der Waals surface area (Å²) in [7, 11) is 0. The largest absolute Gasteiger partial charge is 0.313 e. The zero-order valence-corrected chi connectivity index (χ0v) is 14.1. The van der Waals surface area contributed by atoms with Crippen molar-refractivity contribution >= 4 is 11.8 Å². The number of nitrogens with one attached hydrogen (secondary N) is 1. The molecule has 1 nitrogen and oxygen atoms in total. The van der Waals surface area contributed by atoms with Gasteiger partial charge in [0.15, 0.2) is 0 Å². The molecule has 0 aromatic heterocycles. The first kappa shape index (κ1) is 15.9. The van der Waals surface area contributed by atoms with Crippen molar-refractivity contribution in [3.63, 3.8) is 0 Å². The standard InChI is InChI=1S/C18H29NS/c1-4-19-17-9-7-5-6-8-10-18(17)20-16-12-11-14(2)15(3)13-16/h11-13,17-19H,4-10H2,1-3H3. The summed E-state index contributed by atoms with van der Waals surface area (Å²) in [6.07, 6.45) is 8.32. The lowest BCUT2D eigenvalue weighted by Crippen LogP contribution is -2.38. The van der Waals surface area contributed by atoms with Crippen molar-refractivity contribution in [2.75, 3.05) is 6.54 Å². The van der Waals surface area contributed by atoms with E-state index in [2.05, 4.69) is 56.0 Å². The average molecular weight is 292 g/mol. The fourth-order valence-electron chi connectivity index (χ4n) is 3.05. The Balaban J connectivity index is 2.06. The molecule has 1 saturated carbocycles. The Hall–Kier alpha value is -0.470. The summed E-state index contributed by atoms with van der Waals surface area (Å²) in [5, 5.41) is 4.46. The van der Waals surface area contributed by atoms with Gasteiger partial charge in [-0.25, -0.2) is 0 Å². The van der Waals surface area contributed by atoms with E-state index in [1.165, 1.54) is 54.5 Å². The molecule has 0 amide bonds. The van der Waals surface area contributed by atoms with Gasteiger partial charge in [-0.3, -0.25) is 0 Å². The summed E-state index contributed by atoms with van der Waals surface area (Å²) in [6, 6.07) is 7.62. The molecule has 2 rings (SSSR count). The van der Waals surface area contributed by atoms with Gasteiger partial charge in [-0.1, -0.05) is 38.7 Å². The van der Waals surface area contributed by atoms with Gasteiger partial charge >= 0.3 is 0 Å². The Labute approximate surface area is 128 Å². The lowest BCUT2D eigenvalue weighted by atomic mass is 9.96. The first-order chi connectivity index (χ1) is 9.70. The summed E-state index contributed by atoms with van der Waals surface area (Å²) in [4.78, 5) is 1.45. The van der Waals surface area contributed by atoms with Gasteiger partial charge in [-0.05, 0) is 56.5 Å². The normalized spacial score (nSPS) is 24.1. The minimum atomic E-state index is 0.687. The number of rotatable bonds is 4. The molecule has 0 bridgehead atoms. The van der Waals surface area contributed by atoms with E-state index >= 15 is 0 Å². The zero-order chi connectivity index (χ0) is 14.4. The van der Waals surface area contributed by atoms with E-state index in [9.17, 15) is 0 Å². The van der Waals surface area contributed by atoms with Crippen LogP contribution in [0.2, 0.25) is 0 Å². The van der Waals surface area contributed by atoms with Crippen LogP contribution in [0.5, 0.6) is 0 Å². The number of aryl methyl sites for hydroxylation is 2. The molecule has 1 aromatic carbocycles. The molecular formula is C18H29NS. The predicted octanol–water partition coefficient (Wildman–Crippen LogP) is 5.10. The molecule has 1 fully saturated rings. The van der Waals surface area contributed by atoms with Crippen molar-refractivity contribution in [1.29, 1.82) is 0 Å². The van der Waals surface area contributed by atoms with E-state index in [4.69, 9.17) is 0 Å². The van der Waals surface area contributed by atoms with Crippen molar-refractivity contribution in [3.05, 3.63) is 29.3 Å². The Morgan fingerprint density at radius 1 is 1.05 bits per heavy atom. The monoisotopic (exact) mass is 291 g/mol. The molecule has 1 aromatic rings. The first-order valence-electron chi connectivity index (χ1n) is 8.18. The highest BCUT2D eigenvalue weighted by Gasteiger charge is 2.23. The highest BCUT2D eigenvalue weighted by atomic mass is 32.2. The van der Waals surface area contributed by atoms with Gasteiger partial charge < -0.3 is 5.32 Å². The average Bonchev–Trinajstić information content (AvgIpc) is 2.41. The molecule has 0 aliphatic heterocycles. The van der Waals surface area contributed by atoms with Crippen LogP contribution in [-0.2, 0) is 0 Å².